The Morgan fingerprint density at radius 2 is 1.92 bits per heavy atom. The molecule has 134 valence electrons. The van der Waals surface area contributed by atoms with Gasteiger partial charge in [-0.15, -0.1) is 0 Å². The Hall–Kier alpha value is -2.86. The first kappa shape index (κ1) is 17.9. The van der Waals surface area contributed by atoms with Crippen molar-refractivity contribution in [2.24, 2.45) is 0 Å². The zero-order valence-corrected chi connectivity index (χ0v) is 14.8. The summed E-state index contributed by atoms with van der Waals surface area (Å²) in [5.74, 6) is -1.55. The number of carboxylic acids is 1. The molecule has 1 atom stereocenters. The predicted octanol–water partition coefficient (Wildman–Crippen LogP) is 3.02. The van der Waals surface area contributed by atoms with Crippen molar-refractivity contribution in [3.8, 4) is 0 Å². The Morgan fingerprint density at radius 3 is 2.54 bits per heavy atom. The summed E-state index contributed by atoms with van der Waals surface area (Å²) in [4.78, 5) is 36.8. The third-order valence-electron chi connectivity index (χ3n) is 4.21. The Morgan fingerprint density at radius 1 is 1.23 bits per heavy atom. The Kier molecular flexibility index (Phi) is 4.95. The monoisotopic (exact) mass is 372 g/mol. The second kappa shape index (κ2) is 7.17. The van der Waals surface area contributed by atoms with Crippen molar-refractivity contribution >= 4 is 40.8 Å². The summed E-state index contributed by atoms with van der Waals surface area (Å²) in [6.07, 6.45) is -0.0235. The molecule has 0 aliphatic carbocycles. The summed E-state index contributed by atoms with van der Waals surface area (Å²) in [5, 5.41) is 12.3. The first-order valence-electron chi connectivity index (χ1n) is 8.05. The van der Waals surface area contributed by atoms with Crippen molar-refractivity contribution in [2.45, 2.75) is 25.8 Å². The molecule has 3 rings (SSSR count). The van der Waals surface area contributed by atoms with Gasteiger partial charge in [-0.3, -0.25) is 14.4 Å². The summed E-state index contributed by atoms with van der Waals surface area (Å²) in [5.41, 5.74) is 2.63. The van der Waals surface area contributed by atoms with Crippen LogP contribution in [0.3, 0.4) is 0 Å². The van der Waals surface area contributed by atoms with Gasteiger partial charge in [0.05, 0.1) is 18.5 Å². The predicted molar refractivity (Wildman–Crippen MR) is 98.5 cm³/mol. The molecule has 0 spiro atoms. The summed E-state index contributed by atoms with van der Waals surface area (Å²) < 4.78 is 0. The van der Waals surface area contributed by atoms with Crippen molar-refractivity contribution in [3.63, 3.8) is 0 Å². The second-order valence-electron chi connectivity index (χ2n) is 6.17. The molecule has 0 aromatic heterocycles. The minimum Gasteiger partial charge on any atom is -0.481 e. The number of halogens is 1. The minimum absolute atomic E-state index is 0.0429. The molecule has 7 heteroatoms. The van der Waals surface area contributed by atoms with Gasteiger partial charge < -0.3 is 10.4 Å². The van der Waals surface area contributed by atoms with Crippen molar-refractivity contribution in [2.75, 3.05) is 10.2 Å². The molecule has 2 amide bonds. The first-order chi connectivity index (χ1) is 12.3. The average molecular weight is 373 g/mol. The lowest BCUT2D eigenvalue weighted by Gasteiger charge is -2.17. The van der Waals surface area contributed by atoms with Gasteiger partial charge in [-0.1, -0.05) is 29.8 Å². The normalized spacial score (nSPS) is 16.8. The van der Waals surface area contributed by atoms with Crippen molar-refractivity contribution in [3.05, 3.63) is 58.6 Å². The van der Waals surface area contributed by atoms with E-state index in [4.69, 9.17) is 16.7 Å². The van der Waals surface area contributed by atoms with Gasteiger partial charge in [0, 0.05) is 10.7 Å². The number of benzene rings is 2. The maximum absolute atomic E-state index is 12.7. The van der Waals surface area contributed by atoms with Crippen LogP contribution < -0.4 is 10.2 Å². The zero-order chi connectivity index (χ0) is 18.8. The van der Waals surface area contributed by atoms with E-state index in [1.165, 1.54) is 0 Å². The highest BCUT2D eigenvalue weighted by atomic mass is 35.5. The lowest BCUT2D eigenvalue weighted by molar-refractivity contribution is -0.136. The zero-order valence-electron chi connectivity index (χ0n) is 14.0. The van der Waals surface area contributed by atoms with Crippen LogP contribution >= 0.6 is 11.6 Å². The molecule has 0 saturated carbocycles. The maximum Gasteiger partial charge on any atom is 0.307 e. The fraction of sp³-hybridized carbons (Fsp3) is 0.211. The van der Waals surface area contributed by atoms with Crippen LogP contribution in [0.1, 0.15) is 17.5 Å². The number of nitrogens with zero attached hydrogens (tertiary/aromatic N) is 1. The molecular formula is C19H17ClN2O4. The molecule has 1 heterocycles. The molecule has 1 aliphatic heterocycles. The molecular weight excluding hydrogens is 356 g/mol. The number of carbonyl (C=O) groups is 3. The van der Waals surface area contributed by atoms with Crippen LogP contribution in [-0.4, -0.2) is 28.9 Å². The molecule has 2 N–H and O–H groups in total. The number of hydrogen-bond acceptors (Lipinski definition) is 4. The van der Waals surface area contributed by atoms with Gasteiger partial charge in [-0.2, -0.15) is 0 Å². The molecule has 0 radical (unpaired) electrons. The fourth-order valence-electron chi connectivity index (χ4n) is 2.83. The lowest BCUT2D eigenvalue weighted by Crippen LogP contribution is -2.34. The highest BCUT2D eigenvalue weighted by molar-refractivity contribution is 6.32. The van der Waals surface area contributed by atoms with E-state index in [0.717, 1.165) is 10.5 Å². The second-order valence-corrected chi connectivity index (χ2v) is 6.58. The summed E-state index contributed by atoms with van der Waals surface area (Å²) in [7, 11) is 0. The quantitative estimate of drug-likeness (QED) is 0.788. The van der Waals surface area contributed by atoms with E-state index < -0.39 is 12.0 Å². The van der Waals surface area contributed by atoms with Crippen LogP contribution in [0.25, 0.3) is 0 Å². The number of imide groups is 1. The number of carboxylic acid groups (broad SMARTS) is 1. The van der Waals surface area contributed by atoms with Gasteiger partial charge in [0.25, 0.3) is 5.91 Å². The van der Waals surface area contributed by atoms with Gasteiger partial charge >= 0.3 is 5.97 Å². The van der Waals surface area contributed by atoms with Crippen molar-refractivity contribution in [1.82, 2.24) is 0 Å². The van der Waals surface area contributed by atoms with Crippen LogP contribution in [0.5, 0.6) is 0 Å². The third-order valence-corrected chi connectivity index (χ3v) is 4.62. The molecule has 26 heavy (non-hydrogen) atoms. The standard InChI is InChI=1S/C19H17ClN2O4/c1-11-2-7-14(9-15(11)20)22-17(23)10-16(19(22)26)21-13-5-3-12(4-6-13)8-18(24)25/h2-7,9,16,21H,8,10H2,1H3,(H,24,25)/t16-/m1/s1. The summed E-state index contributed by atoms with van der Waals surface area (Å²) in [6, 6.07) is 11.1. The van der Waals surface area contributed by atoms with Gasteiger partial charge in [0.1, 0.15) is 6.04 Å². The SMILES string of the molecule is Cc1ccc(N2C(=O)C[C@@H](Nc3ccc(CC(=O)O)cc3)C2=O)cc1Cl. The molecule has 0 unspecified atom stereocenters. The molecule has 1 saturated heterocycles. The Balaban J connectivity index is 1.74. The topological polar surface area (TPSA) is 86.7 Å². The van der Waals surface area contributed by atoms with Gasteiger partial charge in [0.15, 0.2) is 0 Å². The maximum atomic E-state index is 12.7. The number of nitrogens with one attached hydrogen (secondary N) is 1. The Bertz CT molecular complexity index is 880. The van der Waals surface area contributed by atoms with Gasteiger partial charge in [0.2, 0.25) is 5.91 Å². The van der Waals surface area contributed by atoms with E-state index in [-0.39, 0.29) is 24.7 Å². The van der Waals surface area contributed by atoms with E-state index in [2.05, 4.69) is 5.32 Å². The number of aliphatic carboxylic acids is 1. The van der Waals surface area contributed by atoms with E-state index >= 15 is 0 Å². The first-order valence-corrected chi connectivity index (χ1v) is 8.43. The largest absolute Gasteiger partial charge is 0.481 e. The molecule has 1 fully saturated rings. The van der Waals surface area contributed by atoms with Gasteiger partial charge in [-0.25, -0.2) is 4.90 Å². The van der Waals surface area contributed by atoms with Gasteiger partial charge in [-0.05, 0) is 42.3 Å². The van der Waals surface area contributed by atoms with E-state index in [0.29, 0.717) is 22.0 Å². The third kappa shape index (κ3) is 3.70. The molecule has 6 nitrogen and oxygen atoms in total. The van der Waals surface area contributed by atoms with E-state index in [1.807, 2.05) is 6.92 Å². The van der Waals surface area contributed by atoms with Crippen LogP contribution in [0.15, 0.2) is 42.5 Å². The average Bonchev–Trinajstić information content (AvgIpc) is 2.85. The van der Waals surface area contributed by atoms with Crippen molar-refractivity contribution in [1.29, 1.82) is 0 Å². The van der Waals surface area contributed by atoms with Crippen LogP contribution in [0, 0.1) is 6.92 Å². The number of amides is 2. The molecule has 0 bridgehead atoms. The smallest absolute Gasteiger partial charge is 0.307 e. The highest BCUT2D eigenvalue weighted by Gasteiger charge is 2.39. The number of hydrogen-bond donors (Lipinski definition) is 2. The Labute approximate surface area is 155 Å². The molecule has 1 aliphatic rings. The highest BCUT2D eigenvalue weighted by Crippen LogP contribution is 2.28. The van der Waals surface area contributed by atoms with Crippen LogP contribution in [-0.2, 0) is 20.8 Å². The minimum atomic E-state index is -0.908. The number of anilines is 2. The molecule has 2 aromatic carbocycles. The summed E-state index contributed by atoms with van der Waals surface area (Å²) in [6.45, 7) is 1.85. The van der Waals surface area contributed by atoms with Crippen LogP contribution in [0.4, 0.5) is 11.4 Å². The van der Waals surface area contributed by atoms with E-state index in [1.54, 1.807) is 42.5 Å². The molecule has 2 aromatic rings. The number of carbonyl (C=O) groups excluding carboxylic acids is 2. The van der Waals surface area contributed by atoms with Crippen LogP contribution in [0.2, 0.25) is 5.02 Å². The fourth-order valence-corrected chi connectivity index (χ4v) is 3.01. The van der Waals surface area contributed by atoms with E-state index in [9.17, 15) is 14.4 Å². The summed E-state index contributed by atoms with van der Waals surface area (Å²) >= 11 is 6.10. The number of aryl methyl sites for hydroxylation is 1. The number of rotatable bonds is 5. The van der Waals surface area contributed by atoms with Crippen molar-refractivity contribution < 1.29 is 19.5 Å². The lowest BCUT2D eigenvalue weighted by atomic mass is 10.1.